The first-order chi connectivity index (χ1) is 10.8. The molecule has 2 N–H and O–H groups in total. The number of hydrogen-bond donors (Lipinski definition) is 2. The van der Waals surface area contributed by atoms with Crippen LogP contribution in [-0.4, -0.2) is 20.6 Å². The molecule has 1 atom stereocenters. The third kappa shape index (κ3) is 4.19. The molecule has 0 fully saturated rings. The van der Waals surface area contributed by atoms with E-state index < -0.39 is 5.56 Å². The smallest absolute Gasteiger partial charge is 0.254 e. The highest BCUT2D eigenvalue weighted by molar-refractivity contribution is 7.09. The van der Waals surface area contributed by atoms with E-state index in [9.17, 15) is 14.7 Å². The number of pyridine rings is 1. The molecule has 0 bridgehead atoms. The second-order valence-corrected chi connectivity index (χ2v) is 6.72. The third-order valence-corrected chi connectivity index (χ3v) is 4.64. The molecular weight excluding hydrogens is 314 g/mol. The van der Waals surface area contributed by atoms with Crippen LogP contribution in [0.1, 0.15) is 49.1 Å². The van der Waals surface area contributed by atoms with Gasteiger partial charge in [0.25, 0.3) is 5.56 Å². The molecule has 23 heavy (non-hydrogen) atoms. The van der Waals surface area contributed by atoms with Crippen LogP contribution >= 0.6 is 11.3 Å². The highest BCUT2D eigenvalue weighted by atomic mass is 32.1. The number of aryl methyl sites for hydroxylation is 1. The summed E-state index contributed by atoms with van der Waals surface area (Å²) in [4.78, 5) is 28.5. The summed E-state index contributed by atoms with van der Waals surface area (Å²) in [5.41, 5.74) is 0.955. The summed E-state index contributed by atoms with van der Waals surface area (Å²) in [6.07, 6.45) is 0. The highest BCUT2D eigenvalue weighted by Crippen LogP contribution is 2.22. The Morgan fingerprint density at radius 1 is 1.39 bits per heavy atom. The van der Waals surface area contributed by atoms with Crippen LogP contribution in [-0.2, 0) is 11.3 Å². The molecule has 0 aliphatic rings. The predicted octanol–water partition coefficient (Wildman–Crippen LogP) is 2.32. The molecule has 2 heterocycles. The third-order valence-electron chi connectivity index (χ3n) is 3.48. The van der Waals surface area contributed by atoms with Crippen LogP contribution in [0, 0.1) is 6.92 Å². The van der Waals surface area contributed by atoms with Gasteiger partial charge in [0, 0.05) is 23.1 Å². The first-order valence-corrected chi connectivity index (χ1v) is 8.31. The Morgan fingerprint density at radius 2 is 2.09 bits per heavy atom. The largest absolute Gasteiger partial charge is 0.508 e. The first kappa shape index (κ1) is 17.2. The van der Waals surface area contributed by atoms with Gasteiger partial charge in [-0.15, -0.1) is 11.3 Å². The lowest BCUT2D eigenvalue weighted by molar-refractivity contribution is -0.122. The summed E-state index contributed by atoms with van der Waals surface area (Å²) in [5, 5.41) is 15.2. The summed E-state index contributed by atoms with van der Waals surface area (Å²) in [5.74, 6) is -0.0106. The van der Waals surface area contributed by atoms with Crippen LogP contribution in [0.2, 0.25) is 0 Å². The molecule has 2 rings (SSSR count). The van der Waals surface area contributed by atoms with E-state index in [0.29, 0.717) is 11.6 Å². The van der Waals surface area contributed by atoms with Gasteiger partial charge in [-0.3, -0.25) is 9.59 Å². The minimum atomic E-state index is -0.402. The van der Waals surface area contributed by atoms with Crippen molar-refractivity contribution in [2.75, 3.05) is 0 Å². The Labute approximate surface area is 138 Å². The van der Waals surface area contributed by atoms with E-state index in [1.54, 1.807) is 18.3 Å². The second kappa shape index (κ2) is 6.95. The van der Waals surface area contributed by atoms with Gasteiger partial charge in [0.05, 0.1) is 16.7 Å². The van der Waals surface area contributed by atoms with E-state index in [-0.39, 0.29) is 24.2 Å². The maximum Gasteiger partial charge on any atom is 0.254 e. The van der Waals surface area contributed by atoms with Crippen LogP contribution in [0.25, 0.3) is 0 Å². The number of aromatic hydroxyl groups is 1. The molecule has 2 aromatic heterocycles. The molecule has 0 aromatic carbocycles. The number of carbonyl (C=O) groups excluding carboxylic acids is 1. The van der Waals surface area contributed by atoms with Crippen molar-refractivity contribution in [2.24, 2.45) is 0 Å². The summed E-state index contributed by atoms with van der Waals surface area (Å²) in [7, 11) is 0. The normalized spacial score (nSPS) is 12.4. The molecule has 124 valence electrons. The van der Waals surface area contributed by atoms with Crippen molar-refractivity contribution >= 4 is 17.2 Å². The molecule has 0 aliphatic heterocycles. The minimum Gasteiger partial charge on any atom is -0.508 e. The summed E-state index contributed by atoms with van der Waals surface area (Å²) >= 11 is 1.58. The van der Waals surface area contributed by atoms with Gasteiger partial charge in [0.2, 0.25) is 5.91 Å². The van der Waals surface area contributed by atoms with E-state index in [1.165, 1.54) is 10.6 Å². The fourth-order valence-corrected chi connectivity index (χ4v) is 3.11. The van der Waals surface area contributed by atoms with Crippen molar-refractivity contribution in [2.45, 2.75) is 46.2 Å². The molecule has 1 unspecified atom stereocenters. The Bertz CT molecular complexity index is 764. The molecule has 0 aliphatic carbocycles. The molecular formula is C16H21N3O3S. The van der Waals surface area contributed by atoms with Crippen molar-refractivity contribution in [1.82, 2.24) is 14.9 Å². The molecule has 7 heteroatoms. The molecule has 0 saturated carbocycles. The van der Waals surface area contributed by atoms with Crippen molar-refractivity contribution in [3.05, 3.63) is 44.3 Å². The van der Waals surface area contributed by atoms with Gasteiger partial charge in [-0.05, 0) is 19.9 Å². The van der Waals surface area contributed by atoms with Crippen molar-refractivity contribution in [1.29, 1.82) is 0 Å². The molecule has 2 aromatic rings. The zero-order valence-electron chi connectivity index (χ0n) is 13.7. The van der Waals surface area contributed by atoms with Crippen LogP contribution in [0.15, 0.2) is 22.3 Å². The van der Waals surface area contributed by atoms with E-state index in [2.05, 4.69) is 24.1 Å². The number of nitrogens with zero attached hydrogens (tertiary/aromatic N) is 2. The van der Waals surface area contributed by atoms with Gasteiger partial charge >= 0.3 is 0 Å². The minimum absolute atomic E-state index is 0.0868. The average molecular weight is 335 g/mol. The maximum atomic E-state index is 12.2. The quantitative estimate of drug-likeness (QED) is 0.878. The Hall–Kier alpha value is -2.15. The average Bonchev–Trinajstić information content (AvgIpc) is 2.92. The standard InChI is InChI=1S/C16H21N3O3S/c1-9(2)16-18-13(8-23-16)11(4)17-14(21)7-19-10(3)5-12(20)6-15(19)22/h5-6,8-9,11,20H,7H2,1-4H3,(H,17,21). The van der Waals surface area contributed by atoms with Crippen LogP contribution in [0.4, 0.5) is 0 Å². The van der Waals surface area contributed by atoms with Gasteiger partial charge in [-0.1, -0.05) is 13.8 Å². The van der Waals surface area contributed by atoms with Gasteiger partial charge in [-0.25, -0.2) is 4.98 Å². The molecule has 1 amide bonds. The van der Waals surface area contributed by atoms with E-state index in [1.807, 2.05) is 12.3 Å². The van der Waals surface area contributed by atoms with Crippen LogP contribution in [0.3, 0.4) is 0 Å². The second-order valence-electron chi connectivity index (χ2n) is 5.83. The number of carbonyl (C=O) groups is 1. The first-order valence-electron chi connectivity index (χ1n) is 7.43. The van der Waals surface area contributed by atoms with Crippen molar-refractivity contribution in [3.63, 3.8) is 0 Å². The Morgan fingerprint density at radius 3 is 2.65 bits per heavy atom. The van der Waals surface area contributed by atoms with E-state index in [4.69, 9.17) is 0 Å². The zero-order chi connectivity index (χ0) is 17.1. The zero-order valence-corrected chi connectivity index (χ0v) is 14.5. The van der Waals surface area contributed by atoms with Gasteiger partial charge in [-0.2, -0.15) is 0 Å². The molecule has 0 radical (unpaired) electrons. The number of thiazole rings is 1. The van der Waals surface area contributed by atoms with Crippen LogP contribution < -0.4 is 10.9 Å². The number of amides is 1. The van der Waals surface area contributed by atoms with Gasteiger partial charge < -0.3 is 15.0 Å². The fourth-order valence-electron chi connectivity index (χ4n) is 2.18. The van der Waals surface area contributed by atoms with Crippen LogP contribution in [0.5, 0.6) is 5.75 Å². The van der Waals surface area contributed by atoms with E-state index >= 15 is 0 Å². The lowest BCUT2D eigenvalue weighted by Gasteiger charge is -2.14. The van der Waals surface area contributed by atoms with Crippen molar-refractivity contribution in [3.8, 4) is 5.75 Å². The van der Waals surface area contributed by atoms with Crippen molar-refractivity contribution < 1.29 is 9.90 Å². The summed E-state index contributed by atoms with van der Waals surface area (Å²) in [6, 6.07) is 2.33. The highest BCUT2D eigenvalue weighted by Gasteiger charge is 2.15. The Kier molecular flexibility index (Phi) is 5.20. The Balaban J connectivity index is 2.06. The summed E-state index contributed by atoms with van der Waals surface area (Å²) in [6.45, 7) is 7.60. The fraction of sp³-hybridized carbons (Fsp3) is 0.438. The van der Waals surface area contributed by atoms with Gasteiger partial charge in [0.15, 0.2) is 0 Å². The number of aromatic nitrogens is 2. The topological polar surface area (TPSA) is 84.2 Å². The monoisotopic (exact) mass is 335 g/mol. The molecule has 0 spiro atoms. The summed E-state index contributed by atoms with van der Waals surface area (Å²) < 4.78 is 1.32. The van der Waals surface area contributed by atoms with E-state index in [0.717, 1.165) is 16.8 Å². The molecule has 0 saturated heterocycles. The van der Waals surface area contributed by atoms with Gasteiger partial charge in [0.1, 0.15) is 12.3 Å². The SMILES string of the molecule is Cc1cc(O)cc(=O)n1CC(=O)NC(C)c1csc(C(C)C)n1. The molecule has 6 nitrogen and oxygen atoms in total. The number of nitrogens with one attached hydrogen (secondary N) is 1. The lowest BCUT2D eigenvalue weighted by atomic mass is 10.2. The predicted molar refractivity (Wildman–Crippen MR) is 89.9 cm³/mol. The number of hydrogen-bond acceptors (Lipinski definition) is 5. The number of rotatable bonds is 5. The maximum absolute atomic E-state index is 12.2. The lowest BCUT2D eigenvalue weighted by Crippen LogP contribution is -2.34.